The van der Waals surface area contributed by atoms with Gasteiger partial charge in [-0.2, -0.15) is 0 Å². The number of nitro groups is 2. The molecule has 1 aromatic carbocycles. The van der Waals surface area contributed by atoms with E-state index < -0.39 is 9.85 Å². The first-order valence-electron chi connectivity index (χ1n) is 5.30. The highest BCUT2D eigenvalue weighted by atomic mass is 79.9. The van der Waals surface area contributed by atoms with Crippen molar-refractivity contribution in [2.45, 2.75) is 0 Å². The number of hydrogen-bond acceptors (Lipinski definition) is 6. The maximum atomic E-state index is 10.9. The lowest BCUT2D eigenvalue weighted by atomic mass is 10.3. The van der Waals surface area contributed by atoms with Gasteiger partial charge >= 0.3 is 5.69 Å². The van der Waals surface area contributed by atoms with Gasteiger partial charge in [-0.05, 0) is 22.0 Å². The number of rotatable bonds is 4. The fraction of sp³-hybridized carbons (Fsp3) is 0. The molecular weight excluding hydrogens is 369 g/mol. The van der Waals surface area contributed by atoms with E-state index in [1.807, 2.05) is 0 Å². The molecule has 0 fully saturated rings. The normalized spacial score (nSPS) is 10.2. The molecule has 0 aliphatic rings. The Balaban J connectivity index is 2.39. The summed E-state index contributed by atoms with van der Waals surface area (Å²) in [6, 6.07) is 4.73. The van der Waals surface area contributed by atoms with Crippen LogP contribution in [0.2, 0.25) is 5.02 Å². The van der Waals surface area contributed by atoms with Crippen LogP contribution in [0, 0.1) is 20.2 Å². The molecule has 0 bridgehead atoms. The minimum absolute atomic E-state index is 0.0280. The first-order valence-corrected chi connectivity index (χ1v) is 6.47. The van der Waals surface area contributed by atoms with Crippen molar-refractivity contribution >= 4 is 38.9 Å². The Morgan fingerprint density at radius 2 is 1.90 bits per heavy atom. The van der Waals surface area contributed by atoms with Crippen molar-refractivity contribution in [3.8, 4) is 11.6 Å². The van der Waals surface area contributed by atoms with Crippen molar-refractivity contribution in [1.29, 1.82) is 0 Å². The fourth-order valence-corrected chi connectivity index (χ4v) is 1.95. The van der Waals surface area contributed by atoms with Gasteiger partial charge in [0, 0.05) is 28.9 Å². The Hall–Kier alpha value is -2.26. The maximum Gasteiger partial charge on any atom is 0.332 e. The SMILES string of the molecule is O=[N+]([O-])c1ccc(Oc2ncc(Br)cc2[N+](=O)[O-])c(Cl)c1. The molecular formula is C11H5BrClN3O5. The largest absolute Gasteiger partial charge is 0.432 e. The highest BCUT2D eigenvalue weighted by molar-refractivity contribution is 9.10. The highest BCUT2D eigenvalue weighted by Gasteiger charge is 2.20. The van der Waals surface area contributed by atoms with Gasteiger partial charge in [0.25, 0.3) is 11.6 Å². The zero-order valence-corrected chi connectivity index (χ0v) is 12.4. The van der Waals surface area contributed by atoms with Crippen molar-refractivity contribution in [3.05, 3.63) is 60.2 Å². The number of halogens is 2. The number of nitro benzene ring substituents is 1. The summed E-state index contributed by atoms with van der Waals surface area (Å²) in [7, 11) is 0. The summed E-state index contributed by atoms with van der Waals surface area (Å²) >= 11 is 8.92. The zero-order chi connectivity index (χ0) is 15.6. The molecule has 2 aromatic rings. The van der Waals surface area contributed by atoms with Crippen molar-refractivity contribution in [2.75, 3.05) is 0 Å². The van der Waals surface area contributed by atoms with E-state index in [1.54, 1.807) is 0 Å². The third kappa shape index (κ3) is 3.44. The summed E-state index contributed by atoms with van der Waals surface area (Å²) < 4.78 is 5.68. The number of nitrogens with zero attached hydrogens (tertiary/aromatic N) is 3. The summed E-state index contributed by atoms with van der Waals surface area (Å²) in [5.41, 5.74) is -0.579. The molecule has 108 valence electrons. The van der Waals surface area contributed by atoms with E-state index in [0.29, 0.717) is 4.47 Å². The Kier molecular flexibility index (Phi) is 4.34. The van der Waals surface area contributed by atoms with Gasteiger partial charge in [0.1, 0.15) is 5.75 Å². The molecule has 0 aliphatic carbocycles. The van der Waals surface area contributed by atoms with E-state index in [4.69, 9.17) is 16.3 Å². The van der Waals surface area contributed by atoms with Crippen LogP contribution in [0.5, 0.6) is 11.6 Å². The summed E-state index contributed by atoms with van der Waals surface area (Å²) in [6.45, 7) is 0. The Morgan fingerprint density at radius 1 is 1.19 bits per heavy atom. The smallest absolute Gasteiger partial charge is 0.332 e. The van der Waals surface area contributed by atoms with Crippen LogP contribution in [-0.4, -0.2) is 14.8 Å². The van der Waals surface area contributed by atoms with Crippen molar-refractivity contribution in [2.24, 2.45) is 0 Å². The topological polar surface area (TPSA) is 108 Å². The Bertz CT molecular complexity index is 740. The van der Waals surface area contributed by atoms with E-state index in [0.717, 1.165) is 6.07 Å². The molecule has 2 rings (SSSR count). The number of hydrogen-bond donors (Lipinski definition) is 0. The number of ether oxygens (including phenoxy) is 1. The van der Waals surface area contributed by atoms with Crippen LogP contribution in [0.1, 0.15) is 0 Å². The third-order valence-corrected chi connectivity index (χ3v) is 3.06. The fourth-order valence-electron chi connectivity index (χ4n) is 1.42. The monoisotopic (exact) mass is 373 g/mol. The van der Waals surface area contributed by atoms with Gasteiger partial charge in [0.05, 0.1) is 14.9 Å². The average Bonchev–Trinajstić information content (AvgIpc) is 2.42. The average molecular weight is 375 g/mol. The van der Waals surface area contributed by atoms with Crippen molar-refractivity contribution in [1.82, 2.24) is 4.98 Å². The molecule has 0 saturated heterocycles. The second-order valence-electron chi connectivity index (χ2n) is 3.71. The molecule has 1 aromatic heterocycles. The number of non-ortho nitro benzene ring substituents is 1. The van der Waals surface area contributed by atoms with E-state index in [2.05, 4.69) is 20.9 Å². The molecule has 0 aliphatic heterocycles. The van der Waals surface area contributed by atoms with Gasteiger partial charge in [-0.25, -0.2) is 4.98 Å². The first kappa shape index (κ1) is 15.1. The lowest BCUT2D eigenvalue weighted by molar-refractivity contribution is -0.386. The van der Waals surface area contributed by atoms with E-state index in [1.165, 1.54) is 24.4 Å². The number of pyridine rings is 1. The van der Waals surface area contributed by atoms with Crippen LogP contribution in [0.4, 0.5) is 11.4 Å². The van der Waals surface area contributed by atoms with Crippen LogP contribution in [-0.2, 0) is 0 Å². The highest BCUT2D eigenvalue weighted by Crippen LogP contribution is 2.35. The van der Waals surface area contributed by atoms with Crippen LogP contribution in [0.15, 0.2) is 34.9 Å². The van der Waals surface area contributed by atoms with Crippen LogP contribution < -0.4 is 4.74 Å². The van der Waals surface area contributed by atoms with Crippen molar-refractivity contribution in [3.63, 3.8) is 0 Å². The minimum atomic E-state index is -0.660. The molecule has 0 atom stereocenters. The van der Waals surface area contributed by atoms with Gasteiger partial charge in [-0.1, -0.05) is 11.6 Å². The third-order valence-electron chi connectivity index (χ3n) is 2.33. The summed E-state index contributed by atoms with van der Waals surface area (Å²) in [4.78, 5) is 24.1. The molecule has 0 radical (unpaired) electrons. The Morgan fingerprint density at radius 3 is 2.48 bits per heavy atom. The molecule has 0 spiro atoms. The lowest BCUT2D eigenvalue weighted by Gasteiger charge is -2.07. The molecule has 10 heteroatoms. The maximum absolute atomic E-state index is 10.9. The molecule has 8 nitrogen and oxygen atoms in total. The molecule has 0 N–H and O–H groups in total. The lowest BCUT2D eigenvalue weighted by Crippen LogP contribution is -1.97. The summed E-state index contributed by atoms with van der Waals surface area (Å²) in [5.74, 6) is -0.237. The van der Waals surface area contributed by atoms with Crippen LogP contribution in [0.3, 0.4) is 0 Å². The minimum Gasteiger partial charge on any atom is -0.432 e. The molecule has 1 heterocycles. The molecule has 0 amide bonds. The van der Waals surface area contributed by atoms with Gasteiger partial charge in [-0.15, -0.1) is 0 Å². The number of benzene rings is 1. The standard InChI is InChI=1S/C11H5BrClN3O5/c12-6-3-9(16(19)20)11(14-5-6)21-10-2-1-7(15(17)18)4-8(10)13/h1-5H. The molecule has 0 saturated carbocycles. The first-order chi connectivity index (χ1) is 9.88. The van der Waals surface area contributed by atoms with Crippen LogP contribution >= 0.6 is 27.5 Å². The quantitative estimate of drug-likeness (QED) is 0.588. The second kappa shape index (κ2) is 6.02. The van der Waals surface area contributed by atoms with Gasteiger partial charge in [-0.3, -0.25) is 20.2 Å². The number of aromatic nitrogens is 1. The summed E-state index contributed by atoms with van der Waals surface area (Å²) in [6.07, 6.45) is 1.32. The summed E-state index contributed by atoms with van der Waals surface area (Å²) in [5, 5.41) is 21.5. The van der Waals surface area contributed by atoms with Gasteiger partial charge in [0.2, 0.25) is 0 Å². The van der Waals surface area contributed by atoms with Gasteiger partial charge in [0.15, 0.2) is 0 Å². The van der Waals surface area contributed by atoms with E-state index in [-0.39, 0.29) is 28.0 Å². The van der Waals surface area contributed by atoms with Crippen molar-refractivity contribution < 1.29 is 14.6 Å². The van der Waals surface area contributed by atoms with Gasteiger partial charge < -0.3 is 4.74 Å². The van der Waals surface area contributed by atoms with E-state index in [9.17, 15) is 20.2 Å². The molecule has 21 heavy (non-hydrogen) atoms. The van der Waals surface area contributed by atoms with Crippen LogP contribution in [0.25, 0.3) is 0 Å². The second-order valence-corrected chi connectivity index (χ2v) is 5.03. The predicted octanol–water partition coefficient (Wildman–Crippen LogP) is 4.11. The Labute approximate surface area is 130 Å². The molecule has 0 unspecified atom stereocenters. The predicted molar refractivity (Wildman–Crippen MR) is 76.8 cm³/mol. The van der Waals surface area contributed by atoms with E-state index >= 15 is 0 Å². The zero-order valence-electron chi connectivity index (χ0n) is 10.0.